The van der Waals surface area contributed by atoms with Crippen LogP contribution < -0.4 is 0 Å². The molecule has 0 aromatic rings. The van der Waals surface area contributed by atoms with Gasteiger partial charge in [0.05, 0.1) is 0 Å². The molecule has 2 nitrogen and oxygen atoms in total. The Bertz CT molecular complexity index is 188. The number of amides is 1. The summed E-state index contributed by atoms with van der Waals surface area (Å²) < 4.78 is 25.0. The summed E-state index contributed by atoms with van der Waals surface area (Å²) in [5.41, 5.74) is 0. The molecule has 0 spiro atoms. The quantitative estimate of drug-likeness (QED) is 0.594. The maximum atomic E-state index is 12.5. The van der Waals surface area contributed by atoms with Crippen molar-refractivity contribution in [2.45, 2.75) is 26.2 Å². The van der Waals surface area contributed by atoms with E-state index in [2.05, 4.69) is 0 Å². The number of halogens is 2. The highest BCUT2D eigenvalue weighted by Crippen LogP contribution is 2.22. The average molecular weight is 177 g/mol. The van der Waals surface area contributed by atoms with Gasteiger partial charge in [0, 0.05) is 20.0 Å². The number of likely N-dealkylation sites (tertiary alicyclic amines) is 1. The molecule has 1 heterocycles. The predicted molar refractivity (Wildman–Crippen MR) is 41.0 cm³/mol. The number of carbonyl (C=O) groups is 1. The molecule has 12 heavy (non-hydrogen) atoms. The maximum absolute atomic E-state index is 12.5. The van der Waals surface area contributed by atoms with Gasteiger partial charge < -0.3 is 4.90 Å². The summed E-state index contributed by atoms with van der Waals surface area (Å²) in [7, 11) is 0. The van der Waals surface area contributed by atoms with Gasteiger partial charge in [-0.05, 0) is 12.3 Å². The van der Waals surface area contributed by atoms with Crippen LogP contribution in [0.25, 0.3) is 0 Å². The fourth-order valence-corrected chi connectivity index (χ4v) is 1.40. The lowest BCUT2D eigenvalue weighted by atomic mass is 10.2. The lowest BCUT2D eigenvalue weighted by molar-refractivity contribution is -0.153. The van der Waals surface area contributed by atoms with Crippen molar-refractivity contribution < 1.29 is 13.6 Å². The van der Waals surface area contributed by atoms with Crippen molar-refractivity contribution in [2.75, 3.05) is 13.1 Å². The number of rotatable bonds is 1. The van der Waals surface area contributed by atoms with Gasteiger partial charge >= 0.3 is 5.92 Å². The summed E-state index contributed by atoms with van der Waals surface area (Å²) in [4.78, 5) is 12.2. The first kappa shape index (κ1) is 9.42. The van der Waals surface area contributed by atoms with Crippen LogP contribution in [0.2, 0.25) is 0 Å². The molecule has 0 saturated carbocycles. The smallest absolute Gasteiger partial charge is 0.322 e. The summed E-state index contributed by atoms with van der Waals surface area (Å²) in [6.07, 6.45) is 0.835. The van der Waals surface area contributed by atoms with Crippen LogP contribution in [0.15, 0.2) is 0 Å². The highest BCUT2D eigenvalue weighted by atomic mass is 19.3. The van der Waals surface area contributed by atoms with Crippen LogP contribution in [-0.2, 0) is 4.79 Å². The molecule has 1 unspecified atom stereocenters. The van der Waals surface area contributed by atoms with Crippen LogP contribution >= 0.6 is 0 Å². The topological polar surface area (TPSA) is 20.3 Å². The zero-order valence-corrected chi connectivity index (χ0v) is 7.31. The fourth-order valence-electron chi connectivity index (χ4n) is 1.40. The van der Waals surface area contributed by atoms with Crippen molar-refractivity contribution in [3.05, 3.63) is 0 Å². The van der Waals surface area contributed by atoms with Crippen LogP contribution in [0.1, 0.15) is 20.3 Å². The van der Waals surface area contributed by atoms with Crippen molar-refractivity contribution in [1.29, 1.82) is 0 Å². The Kier molecular flexibility index (Phi) is 2.35. The highest BCUT2D eigenvalue weighted by Gasteiger charge is 2.38. The maximum Gasteiger partial charge on any atom is 0.322 e. The lowest BCUT2D eigenvalue weighted by Crippen LogP contribution is -2.40. The van der Waals surface area contributed by atoms with Gasteiger partial charge in [-0.1, -0.05) is 6.92 Å². The molecule has 4 heteroatoms. The summed E-state index contributed by atoms with van der Waals surface area (Å²) in [6.45, 7) is 3.56. The van der Waals surface area contributed by atoms with Gasteiger partial charge in [-0.3, -0.25) is 4.79 Å². The van der Waals surface area contributed by atoms with Gasteiger partial charge in [-0.2, -0.15) is 8.78 Å². The van der Waals surface area contributed by atoms with Crippen LogP contribution in [-0.4, -0.2) is 29.8 Å². The molecule has 1 aliphatic heterocycles. The third-order valence-electron chi connectivity index (χ3n) is 2.09. The largest absolute Gasteiger partial charge is 0.337 e. The predicted octanol–water partition coefficient (Wildman–Crippen LogP) is 1.51. The number of nitrogens with zero attached hydrogens (tertiary/aromatic N) is 1. The molecule has 0 aromatic heterocycles. The zero-order valence-electron chi connectivity index (χ0n) is 7.31. The van der Waals surface area contributed by atoms with E-state index in [-0.39, 0.29) is 0 Å². The Morgan fingerprint density at radius 2 is 2.17 bits per heavy atom. The van der Waals surface area contributed by atoms with Gasteiger partial charge in [-0.15, -0.1) is 0 Å². The van der Waals surface area contributed by atoms with Gasteiger partial charge in [0.2, 0.25) is 0 Å². The van der Waals surface area contributed by atoms with E-state index < -0.39 is 11.8 Å². The summed E-state index contributed by atoms with van der Waals surface area (Å²) in [6, 6.07) is 0. The molecule has 1 fully saturated rings. The second-order valence-electron chi connectivity index (χ2n) is 3.53. The third kappa shape index (κ3) is 1.93. The first-order valence-corrected chi connectivity index (χ1v) is 4.08. The monoisotopic (exact) mass is 177 g/mol. The summed E-state index contributed by atoms with van der Waals surface area (Å²) in [5, 5.41) is 0. The van der Waals surface area contributed by atoms with Crippen molar-refractivity contribution in [1.82, 2.24) is 4.90 Å². The van der Waals surface area contributed by atoms with Crippen molar-refractivity contribution in [3.63, 3.8) is 0 Å². The van der Waals surface area contributed by atoms with E-state index in [1.807, 2.05) is 6.92 Å². The lowest BCUT2D eigenvalue weighted by Gasteiger charge is -2.19. The Hall–Kier alpha value is -0.670. The fraction of sp³-hybridized carbons (Fsp3) is 0.875. The molecule has 0 aromatic carbocycles. The van der Waals surface area contributed by atoms with Crippen molar-refractivity contribution in [3.8, 4) is 0 Å². The van der Waals surface area contributed by atoms with Crippen LogP contribution in [0.4, 0.5) is 8.78 Å². The van der Waals surface area contributed by atoms with E-state index >= 15 is 0 Å². The molecule has 0 aliphatic carbocycles. The number of hydrogen-bond donors (Lipinski definition) is 0. The van der Waals surface area contributed by atoms with Crippen molar-refractivity contribution >= 4 is 5.91 Å². The Balaban J connectivity index is 2.55. The van der Waals surface area contributed by atoms with E-state index in [9.17, 15) is 13.6 Å². The van der Waals surface area contributed by atoms with Gasteiger partial charge in [0.1, 0.15) is 0 Å². The van der Waals surface area contributed by atoms with Crippen molar-refractivity contribution in [2.24, 2.45) is 5.92 Å². The molecule has 0 radical (unpaired) electrons. The third-order valence-corrected chi connectivity index (χ3v) is 2.09. The normalized spacial score (nSPS) is 24.7. The van der Waals surface area contributed by atoms with Crippen LogP contribution in [0.3, 0.4) is 0 Å². The average Bonchev–Trinajstić information content (AvgIpc) is 2.32. The van der Waals surface area contributed by atoms with Gasteiger partial charge in [-0.25, -0.2) is 0 Å². The Labute approximate surface area is 70.5 Å². The van der Waals surface area contributed by atoms with Crippen LogP contribution in [0.5, 0.6) is 0 Å². The second kappa shape index (κ2) is 2.99. The minimum atomic E-state index is -3.20. The molecule has 0 bridgehead atoms. The SMILES string of the molecule is CC1CCN(C(=O)C(C)(F)F)C1. The number of hydrogen-bond acceptors (Lipinski definition) is 1. The van der Waals surface area contributed by atoms with Crippen LogP contribution in [0, 0.1) is 5.92 Å². The van der Waals surface area contributed by atoms with E-state index in [1.165, 1.54) is 4.90 Å². The minimum Gasteiger partial charge on any atom is -0.337 e. The molecule has 1 rings (SSSR count). The molecular weight excluding hydrogens is 164 g/mol. The first-order chi connectivity index (χ1) is 5.41. The molecular formula is C8H13F2NO. The highest BCUT2D eigenvalue weighted by molar-refractivity contribution is 5.83. The van der Waals surface area contributed by atoms with E-state index in [0.29, 0.717) is 25.9 Å². The standard InChI is InChI=1S/C8H13F2NO/c1-6-3-4-11(5-6)7(12)8(2,9)10/h6H,3-5H2,1-2H3. The van der Waals surface area contributed by atoms with E-state index in [1.54, 1.807) is 0 Å². The number of carbonyl (C=O) groups excluding carboxylic acids is 1. The molecule has 1 amide bonds. The second-order valence-corrected chi connectivity index (χ2v) is 3.53. The van der Waals surface area contributed by atoms with E-state index in [4.69, 9.17) is 0 Å². The zero-order chi connectivity index (χ0) is 9.35. The molecule has 1 atom stereocenters. The first-order valence-electron chi connectivity index (χ1n) is 4.08. The summed E-state index contributed by atoms with van der Waals surface area (Å²) >= 11 is 0. The van der Waals surface area contributed by atoms with Gasteiger partial charge in [0.25, 0.3) is 5.91 Å². The number of alkyl halides is 2. The molecule has 70 valence electrons. The van der Waals surface area contributed by atoms with Gasteiger partial charge in [0.15, 0.2) is 0 Å². The van der Waals surface area contributed by atoms with E-state index in [0.717, 1.165) is 6.42 Å². The minimum absolute atomic E-state index is 0.358. The Morgan fingerprint density at radius 1 is 1.58 bits per heavy atom. The molecule has 1 aliphatic rings. The molecule has 0 N–H and O–H groups in total. The Morgan fingerprint density at radius 3 is 2.50 bits per heavy atom. The summed E-state index contributed by atoms with van der Waals surface area (Å²) in [5.74, 6) is -3.88. The molecule has 1 saturated heterocycles.